The first-order valence-corrected chi connectivity index (χ1v) is 7.80. The number of hydrogen-bond acceptors (Lipinski definition) is 3. The van der Waals surface area contributed by atoms with Gasteiger partial charge in [-0.05, 0) is 51.8 Å². The molecule has 18 heavy (non-hydrogen) atoms. The number of aryl methyl sites for hydroxylation is 2. The smallest absolute Gasteiger partial charge is 0.0766 e. The molecule has 5 heteroatoms. The average molecular weight is 328 g/mol. The molecule has 98 valence electrons. The van der Waals surface area contributed by atoms with Crippen molar-refractivity contribution >= 4 is 27.3 Å². The number of nitrogens with one attached hydrogen (secondary N) is 1. The molecule has 0 radical (unpaired) electrons. The molecule has 0 amide bonds. The standard InChI is InChI=1S/C13H18BrN3S/c1-4-10-13(14)12(17(3)16-10)7-11(15-2)9-5-6-18-8-9/h5-6,8,11,15H,4,7H2,1-3H3. The van der Waals surface area contributed by atoms with Crippen molar-refractivity contribution in [3.63, 3.8) is 0 Å². The quantitative estimate of drug-likeness (QED) is 0.913. The number of likely N-dealkylation sites (N-methyl/N-ethyl adjacent to an activating group) is 1. The van der Waals surface area contributed by atoms with Crippen molar-refractivity contribution in [2.45, 2.75) is 25.8 Å². The minimum atomic E-state index is 0.340. The summed E-state index contributed by atoms with van der Waals surface area (Å²) in [6.07, 6.45) is 1.90. The summed E-state index contributed by atoms with van der Waals surface area (Å²) < 4.78 is 3.14. The Morgan fingerprint density at radius 3 is 2.83 bits per heavy atom. The fourth-order valence-corrected chi connectivity index (χ4v) is 3.59. The summed E-state index contributed by atoms with van der Waals surface area (Å²) in [6, 6.07) is 2.52. The third-order valence-corrected chi connectivity index (χ3v) is 4.81. The van der Waals surface area contributed by atoms with Gasteiger partial charge in [0.2, 0.25) is 0 Å². The van der Waals surface area contributed by atoms with Crippen LogP contribution in [-0.2, 0) is 19.9 Å². The van der Waals surface area contributed by atoms with Crippen LogP contribution in [0.1, 0.15) is 29.9 Å². The van der Waals surface area contributed by atoms with Gasteiger partial charge in [-0.25, -0.2) is 0 Å². The summed E-state index contributed by atoms with van der Waals surface area (Å²) in [4.78, 5) is 0. The molecular formula is C13H18BrN3S. The molecule has 0 aromatic carbocycles. The van der Waals surface area contributed by atoms with Crippen LogP contribution in [-0.4, -0.2) is 16.8 Å². The van der Waals surface area contributed by atoms with E-state index in [4.69, 9.17) is 0 Å². The third kappa shape index (κ3) is 2.68. The Bertz CT molecular complexity index is 505. The first-order valence-electron chi connectivity index (χ1n) is 6.07. The third-order valence-electron chi connectivity index (χ3n) is 3.19. The molecule has 2 aromatic heterocycles. The van der Waals surface area contributed by atoms with Crippen LogP contribution in [0, 0.1) is 0 Å². The van der Waals surface area contributed by atoms with Crippen molar-refractivity contribution in [1.29, 1.82) is 0 Å². The Morgan fingerprint density at radius 1 is 1.56 bits per heavy atom. The van der Waals surface area contributed by atoms with Gasteiger partial charge in [0.05, 0.1) is 15.9 Å². The summed E-state index contributed by atoms with van der Waals surface area (Å²) in [5.41, 5.74) is 3.72. The second-order valence-electron chi connectivity index (χ2n) is 4.29. The van der Waals surface area contributed by atoms with Crippen LogP contribution in [0.5, 0.6) is 0 Å². The zero-order chi connectivity index (χ0) is 13.1. The summed E-state index contributed by atoms with van der Waals surface area (Å²) in [7, 11) is 4.02. The molecule has 1 atom stereocenters. The van der Waals surface area contributed by atoms with E-state index in [1.165, 1.54) is 11.3 Å². The number of rotatable bonds is 5. The number of hydrogen-bond donors (Lipinski definition) is 1. The lowest BCUT2D eigenvalue weighted by molar-refractivity contribution is 0.561. The predicted octanol–water partition coefficient (Wildman–Crippen LogP) is 3.31. The van der Waals surface area contributed by atoms with Gasteiger partial charge in [0.1, 0.15) is 0 Å². The highest BCUT2D eigenvalue weighted by Gasteiger charge is 2.18. The molecule has 0 spiro atoms. The Hall–Kier alpha value is -0.650. The molecule has 0 bridgehead atoms. The molecule has 0 aliphatic rings. The maximum absolute atomic E-state index is 4.54. The van der Waals surface area contributed by atoms with Crippen molar-refractivity contribution in [3.05, 3.63) is 38.3 Å². The molecule has 3 nitrogen and oxygen atoms in total. The topological polar surface area (TPSA) is 29.9 Å². The number of aromatic nitrogens is 2. The maximum Gasteiger partial charge on any atom is 0.0766 e. The van der Waals surface area contributed by atoms with Gasteiger partial charge >= 0.3 is 0 Å². The van der Waals surface area contributed by atoms with E-state index in [1.54, 1.807) is 11.3 Å². The van der Waals surface area contributed by atoms with E-state index in [-0.39, 0.29) is 0 Å². The van der Waals surface area contributed by atoms with Crippen LogP contribution < -0.4 is 5.32 Å². The minimum Gasteiger partial charge on any atom is -0.313 e. The van der Waals surface area contributed by atoms with E-state index in [0.717, 1.165) is 23.0 Å². The van der Waals surface area contributed by atoms with Gasteiger partial charge in [0.25, 0.3) is 0 Å². The molecule has 0 saturated carbocycles. The molecule has 2 aromatic rings. The molecule has 0 aliphatic carbocycles. The largest absolute Gasteiger partial charge is 0.313 e. The van der Waals surface area contributed by atoms with Crippen LogP contribution in [0.15, 0.2) is 21.3 Å². The van der Waals surface area contributed by atoms with E-state index >= 15 is 0 Å². The highest BCUT2D eigenvalue weighted by atomic mass is 79.9. The van der Waals surface area contributed by atoms with Gasteiger partial charge in [-0.15, -0.1) is 0 Å². The summed E-state index contributed by atoms with van der Waals surface area (Å²) in [6.45, 7) is 2.13. The Balaban J connectivity index is 2.25. The van der Waals surface area contributed by atoms with Gasteiger partial charge < -0.3 is 5.32 Å². The lowest BCUT2D eigenvalue weighted by atomic mass is 10.1. The summed E-state index contributed by atoms with van der Waals surface area (Å²) in [5.74, 6) is 0. The van der Waals surface area contributed by atoms with Gasteiger partial charge in [-0.2, -0.15) is 16.4 Å². The highest BCUT2D eigenvalue weighted by Crippen LogP contribution is 2.27. The first kappa shape index (κ1) is 13.8. The number of nitrogens with zero attached hydrogens (tertiary/aromatic N) is 2. The molecular weight excluding hydrogens is 310 g/mol. The number of thiophene rings is 1. The molecule has 1 unspecified atom stereocenters. The second kappa shape index (κ2) is 5.99. The monoisotopic (exact) mass is 327 g/mol. The van der Waals surface area contributed by atoms with E-state index in [1.807, 2.05) is 18.8 Å². The lowest BCUT2D eigenvalue weighted by Gasteiger charge is -2.15. The average Bonchev–Trinajstić information content (AvgIpc) is 2.97. The van der Waals surface area contributed by atoms with Gasteiger partial charge in [-0.3, -0.25) is 4.68 Å². The highest BCUT2D eigenvalue weighted by molar-refractivity contribution is 9.10. The normalized spacial score (nSPS) is 12.9. The van der Waals surface area contributed by atoms with Crippen molar-refractivity contribution in [2.75, 3.05) is 7.05 Å². The Morgan fingerprint density at radius 2 is 2.33 bits per heavy atom. The zero-order valence-corrected chi connectivity index (χ0v) is 13.3. The van der Waals surface area contributed by atoms with Crippen molar-refractivity contribution in [3.8, 4) is 0 Å². The van der Waals surface area contributed by atoms with Crippen molar-refractivity contribution in [2.24, 2.45) is 7.05 Å². The second-order valence-corrected chi connectivity index (χ2v) is 5.86. The summed E-state index contributed by atoms with van der Waals surface area (Å²) >= 11 is 5.41. The Kier molecular flexibility index (Phi) is 4.59. The maximum atomic E-state index is 4.54. The van der Waals surface area contributed by atoms with Gasteiger partial charge in [0.15, 0.2) is 0 Å². The predicted molar refractivity (Wildman–Crippen MR) is 80.1 cm³/mol. The van der Waals surface area contributed by atoms with Crippen LogP contribution in [0.4, 0.5) is 0 Å². The van der Waals surface area contributed by atoms with Crippen LogP contribution >= 0.6 is 27.3 Å². The minimum absolute atomic E-state index is 0.340. The van der Waals surface area contributed by atoms with E-state index in [9.17, 15) is 0 Å². The van der Waals surface area contributed by atoms with Gasteiger partial charge in [-0.1, -0.05) is 6.92 Å². The molecule has 2 heterocycles. The zero-order valence-electron chi connectivity index (χ0n) is 10.9. The number of halogens is 1. The first-order chi connectivity index (χ1) is 8.67. The molecule has 0 fully saturated rings. The van der Waals surface area contributed by atoms with Crippen LogP contribution in [0.2, 0.25) is 0 Å². The molecule has 1 N–H and O–H groups in total. The fraction of sp³-hybridized carbons (Fsp3) is 0.462. The van der Waals surface area contributed by atoms with Crippen LogP contribution in [0.3, 0.4) is 0 Å². The summed E-state index contributed by atoms with van der Waals surface area (Å²) in [5, 5.41) is 12.2. The molecule has 0 aliphatic heterocycles. The van der Waals surface area contributed by atoms with Crippen molar-refractivity contribution in [1.82, 2.24) is 15.1 Å². The van der Waals surface area contributed by atoms with Gasteiger partial charge in [0, 0.05) is 19.5 Å². The molecule has 2 rings (SSSR count). The van der Waals surface area contributed by atoms with E-state index < -0.39 is 0 Å². The van der Waals surface area contributed by atoms with E-state index in [2.05, 4.69) is 50.1 Å². The van der Waals surface area contributed by atoms with Crippen molar-refractivity contribution < 1.29 is 0 Å². The fourth-order valence-electron chi connectivity index (χ4n) is 2.09. The SMILES string of the molecule is CCc1nn(C)c(CC(NC)c2ccsc2)c1Br. The lowest BCUT2D eigenvalue weighted by Crippen LogP contribution is -2.19. The molecule has 0 saturated heterocycles. The Labute approximate surface area is 120 Å². The van der Waals surface area contributed by atoms with E-state index in [0.29, 0.717) is 6.04 Å². The van der Waals surface area contributed by atoms with Crippen LogP contribution in [0.25, 0.3) is 0 Å².